The normalized spacial score (nSPS) is 13.0. The summed E-state index contributed by atoms with van der Waals surface area (Å²) in [6.07, 6.45) is 1.91. The number of rotatable bonds is 3. The molecule has 0 spiro atoms. The predicted molar refractivity (Wildman–Crippen MR) is 58.2 cm³/mol. The Labute approximate surface area is 88.3 Å². The zero-order valence-electron chi connectivity index (χ0n) is 8.86. The fourth-order valence-electron chi connectivity index (χ4n) is 1.72. The topological polar surface area (TPSA) is 42.6 Å². The van der Waals surface area contributed by atoms with Crippen LogP contribution in [0.4, 0.5) is 0 Å². The van der Waals surface area contributed by atoms with Crippen molar-refractivity contribution in [3.63, 3.8) is 0 Å². The Morgan fingerprint density at radius 3 is 2.93 bits per heavy atom. The van der Waals surface area contributed by atoms with Crippen molar-refractivity contribution in [3.8, 4) is 5.75 Å². The van der Waals surface area contributed by atoms with Gasteiger partial charge in [0.25, 0.3) is 0 Å². The summed E-state index contributed by atoms with van der Waals surface area (Å²) in [5.41, 5.74) is 1.81. The molecule has 0 aliphatic rings. The average Bonchev–Trinajstić information content (AvgIpc) is 2.63. The second-order valence-electron chi connectivity index (χ2n) is 3.69. The highest BCUT2D eigenvalue weighted by Gasteiger charge is 2.08. The molecule has 1 aromatic carbocycles. The molecule has 2 rings (SSSR count). The van der Waals surface area contributed by atoms with Crippen LogP contribution in [-0.4, -0.2) is 18.3 Å². The molecule has 0 radical (unpaired) electrons. The van der Waals surface area contributed by atoms with Crippen LogP contribution in [0.2, 0.25) is 0 Å². The number of ether oxygens (including phenoxy) is 1. The second-order valence-corrected chi connectivity index (χ2v) is 3.69. The molecule has 2 aromatic rings. The van der Waals surface area contributed by atoms with Gasteiger partial charge in [-0.1, -0.05) is 0 Å². The molecule has 15 heavy (non-hydrogen) atoms. The van der Waals surface area contributed by atoms with Gasteiger partial charge in [0.15, 0.2) is 11.3 Å². The molecule has 0 aliphatic carbocycles. The van der Waals surface area contributed by atoms with Crippen molar-refractivity contribution >= 4 is 11.0 Å². The summed E-state index contributed by atoms with van der Waals surface area (Å²) in [7, 11) is 1.61. The lowest BCUT2D eigenvalue weighted by Gasteiger charge is -2.07. The lowest BCUT2D eigenvalue weighted by atomic mass is 10.1. The van der Waals surface area contributed by atoms with Crippen molar-refractivity contribution in [2.24, 2.45) is 0 Å². The summed E-state index contributed by atoms with van der Waals surface area (Å²) in [5, 5.41) is 10.3. The lowest BCUT2D eigenvalue weighted by Crippen LogP contribution is -2.04. The van der Waals surface area contributed by atoms with Gasteiger partial charge in [0.2, 0.25) is 0 Å². The van der Waals surface area contributed by atoms with Gasteiger partial charge in [-0.15, -0.1) is 0 Å². The van der Waals surface area contributed by atoms with Gasteiger partial charge in [0.05, 0.1) is 19.5 Å². The lowest BCUT2D eigenvalue weighted by molar-refractivity contribution is 0.195. The Morgan fingerprint density at radius 1 is 1.47 bits per heavy atom. The molecule has 1 aromatic heterocycles. The molecule has 1 N–H and O–H groups in total. The maximum atomic E-state index is 9.33. The molecule has 0 amide bonds. The third-order valence-electron chi connectivity index (χ3n) is 2.33. The molecule has 80 valence electrons. The van der Waals surface area contributed by atoms with Crippen molar-refractivity contribution in [2.75, 3.05) is 7.11 Å². The Balaban J connectivity index is 2.49. The van der Waals surface area contributed by atoms with Crippen molar-refractivity contribution in [1.82, 2.24) is 0 Å². The zero-order chi connectivity index (χ0) is 10.8. The second kappa shape index (κ2) is 3.95. The summed E-state index contributed by atoms with van der Waals surface area (Å²) >= 11 is 0. The maximum Gasteiger partial charge on any atom is 0.175 e. The van der Waals surface area contributed by atoms with Crippen LogP contribution in [0, 0.1) is 0 Å². The molecule has 0 saturated heterocycles. The van der Waals surface area contributed by atoms with E-state index >= 15 is 0 Å². The largest absolute Gasteiger partial charge is 0.493 e. The summed E-state index contributed by atoms with van der Waals surface area (Å²) in [4.78, 5) is 0. The van der Waals surface area contributed by atoms with Gasteiger partial charge < -0.3 is 14.3 Å². The minimum absolute atomic E-state index is 0.348. The van der Waals surface area contributed by atoms with E-state index in [0.717, 1.165) is 16.5 Å². The molecule has 1 unspecified atom stereocenters. The van der Waals surface area contributed by atoms with E-state index in [2.05, 4.69) is 0 Å². The highest BCUT2D eigenvalue weighted by molar-refractivity contribution is 5.83. The molecule has 0 bridgehead atoms. The number of methoxy groups -OCH3 is 1. The number of hydrogen-bond donors (Lipinski definition) is 1. The number of aliphatic hydroxyl groups excluding tert-OH is 1. The van der Waals surface area contributed by atoms with E-state index in [-0.39, 0.29) is 6.10 Å². The van der Waals surface area contributed by atoms with Crippen LogP contribution >= 0.6 is 0 Å². The molecule has 1 atom stereocenters. The van der Waals surface area contributed by atoms with E-state index < -0.39 is 0 Å². The van der Waals surface area contributed by atoms with E-state index in [4.69, 9.17) is 9.15 Å². The van der Waals surface area contributed by atoms with E-state index in [1.165, 1.54) is 0 Å². The van der Waals surface area contributed by atoms with Crippen LogP contribution in [0.3, 0.4) is 0 Å². The molecule has 3 heteroatoms. The number of aliphatic hydroxyl groups is 1. The Hall–Kier alpha value is -1.48. The first-order valence-corrected chi connectivity index (χ1v) is 4.93. The molecular weight excluding hydrogens is 192 g/mol. The molecule has 0 saturated carbocycles. The first-order valence-electron chi connectivity index (χ1n) is 4.93. The molecule has 0 fully saturated rings. The van der Waals surface area contributed by atoms with E-state index in [1.807, 2.05) is 18.2 Å². The first-order chi connectivity index (χ1) is 7.20. The van der Waals surface area contributed by atoms with Gasteiger partial charge in [0.1, 0.15) is 0 Å². The standard InChI is InChI=1S/C12H14O3/c1-8(13)5-9-6-10-3-4-15-12(10)11(7-9)14-2/h3-4,6-8,13H,5H2,1-2H3. The fraction of sp³-hybridized carbons (Fsp3) is 0.333. The average molecular weight is 206 g/mol. The van der Waals surface area contributed by atoms with Gasteiger partial charge >= 0.3 is 0 Å². The SMILES string of the molecule is COc1cc(CC(C)O)cc2ccoc12. The Bertz CT molecular complexity index is 457. The third-order valence-corrected chi connectivity index (χ3v) is 2.33. The fourth-order valence-corrected chi connectivity index (χ4v) is 1.72. The van der Waals surface area contributed by atoms with Crippen molar-refractivity contribution in [2.45, 2.75) is 19.4 Å². The monoisotopic (exact) mass is 206 g/mol. The summed E-state index contributed by atoms with van der Waals surface area (Å²) < 4.78 is 10.5. The summed E-state index contributed by atoms with van der Waals surface area (Å²) in [6.45, 7) is 1.77. The zero-order valence-corrected chi connectivity index (χ0v) is 8.86. The number of benzene rings is 1. The highest BCUT2D eigenvalue weighted by atomic mass is 16.5. The van der Waals surface area contributed by atoms with Gasteiger partial charge in [-0.05, 0) is 37.1 Å². The van der Waals surface area contributed by atoms with Gasteiger partial charge in [-0.2, -0.15) is 0 Å². The van der Waals surface area contributed by atoms with Crippen LogP contribution in [0.5, 0.6) is 5.75 Å². The Morgan fingerprint density at radius 2 is 2.27 bits per heavy atom. The molecule has 0 aliphatic heterocycles. The smallest absolute Gasteiger partial charge is 0.175 e. The Kier molecular flexibility index (Phi) is 2.64. The van der Waals surface area contributed by atoms with Crippen molar-refractivity contribution in [1.29, 1.82) is 0 Å². The van der Waals surface area contributed by atoms with E-state index in [1.54, 1.807) is 20.3 Å². The molecule has 3 nitrogen and oxygen atoms in total. The van der Waals surface area contributed by atoms with Crippen LogP contribution in [0.1, 0.15) is 12.5 Å². The van der Waals surface area contributed by atoms with E-state index in [9.17, 15) is 5.11 Å². The van der Waals surface area contributed by atoms with Crippen molar-refractivity contribution < 1.29 is 14.3 Å². The summed E-state index contributed by atoms with van der Waals surface area (Å²) in [5.74, 6) is 0.716. The minimum atomic E-state index is -0.348. The third kappa shape index (κ3) is 1.97. The van der Waals surface area contributed by atoms with Gasteiger partial charge in [0, 0.05) is 5.39 Å². The maximum absolute atomic E-state index is 9.33. The van der Waals surface area contributed by atoms with Crippen LogP contribution in [-0.2, 0) is 6.42 Å². The number of hydrogen-bond acceptors (Lipinski definition) is 3. The quantitative estimate of drug-likeness (QED) is 0.838. The highest BCUT2D eigenvalue weighted by Crippen LogP contribution is 2.28. The molecule has 1 heterocycles. The van der Waals surface area contributed by atoms with Crippen LogP contribution in [0.15, 0.2) is 28.9 Å². The van der Waals surface area contributed by atoms with Crippen LogP contribution in [0.25, 0.3) is 11.0 Å². The number of fused-ring (bicyclic) bond motifs is 1. The summed E-state index contributed by atoms with van der Waals surface area (Å²) in [6, 6.07) is 5.80. The number of furan rings is 1. The van der Waals surface area contributed by atoms with E-state index in [0.29, 0.717) is 12.2 Å². The van der Waals surface area contributed by atoms with Crippen LogP contribution < -0.4 is 4.74 Å². The van der Waals surface area contributed by atoms with Gasteiger partial charge in [-0.25, -0.2) is 0 Å². The first kappa shape index (κ1) is 10.1. The minimum Gasteiger partial charge on any atom is -0.493 e. The van der Waals surface area contributed by atoms with Crippen molar-refractivity contribution in [3.05, 3.63) is 30.0 Å². The molecular formula is C12H14O3. The van der Waals surface area contributed by atoms with Gasteiger partial charge in [-0.3, -0.25) is 0 Å². The predicted octanol–water partition coefficient (Wildman–Crippen LogP) is 2.36.